The van der Waals surface area contributed by atoms with Crippen LogP contribution in [0.2, 0.25) is 0 Å². The van der Waals surface area contributed by atoms with E-state index in [0.29, 0.717) is 5.56 Å². The number of hydrogen-bond donors (Lipinski definition) is 1. The first-order valence-corrected chi connectivity index (χ1v) is 8.38. The normalized spacial score (nSPS) is 18.6. The minimum Gasteiger partial charge on any atom is -0.279 e. The lowest BCUT2D eigenvalue weighted by atomic mass is 10.1. The van der Waals surface area contributed by atoms with Crippen LogP contribution in [0.1, 0.15) is 15.9 Å². The van der Waals surface area contributed by atoms with Gasteiger partial charge in [0, 0.05) is 31.7 Å². The molecule has 1 N–H and O–H groups in total. The lowest BCUT2D eigenvalue weighted by molar-refractivity contribution is 0.0977. The van der Waals surface area contributed by atoms with Crippen LogP contribution in [0.5, 0.6) is 0 Å². The average molecular weight is 291 g/mol. The van der Waals surface area contributed by atoms with Crippen LogP contribution >= 0.6 is 7.59 Å². The van der Waals surface area contributed by atoms with E-state index in [1.54, 1.807) is 12.1 Å². The number of hydrogen-bond acceptors (Lipinski definition) is 2. The van der Waals surface area contributed by atoms with Crippen molar-refractivity contribution < 1.29 is 9.36 Å². The Balaban J connectivity index is 1.71. The van der Waals surface area contributed by atoms with Gasteiger partial charge >= 0.3 is 7.59 Å². The van der Waals surface area contributed by atoms with Crippen LogP contribution in [0, 0.1) is 0 Å². The molecule has 0 aromatic heterocycles. The largest absolute Gasteiger partial charge is 0.311 e. The van der Waals surface area contributed by atoms with Crippen molar-refractivity contribution in [3.8, 4) is 0 Å². The van der Waals surface area contributed by atoms with E-state index in [2.05, 4.69) is 11.7 Å². The first kappa shape index (κ1) is 13.6. The Morgan fingerprint density at radius 1 is 1.20 bits per heavy atom. The lowest BCUT2D eigenvalue weighted by Gasteiger charge is -2.20. The van der Waals surface area contributed by atoms with E-state index in [1.165, 1.54) is 0 Å². The molecule has 2 heterocycles. The van der Waals surface area contributed by atoms with Gasteiger partial charge in [0.2, 0.25) is 0 Å². The predicted octanol–water partition coefficient (Wildman–Crippen LogP) is 1.88. The fraction of sp³-hybridized carbons (Fsp3) is 0.357. The molecule has 2 aliphatic heterocycles. The first-order chi connectivity index (χ1) is 9.63. The van der Waals surface area contributed by atoms with Gasteiger partial charge in [-0.2, -0.15) is 0 Å². The van der Waals surface area contributed by atoms with Crippen LogP contribution in [-0.4, -0.2) is 41.4 Å². The van der Waals surface area contributed by atoms with Crippen molar-refractivity contribution in [1.82, 2.24) is 14.4 Å². The topological polar surface area (TPSA) is 52.2 Å². The quantitative estimate of drug-likeness (QED) is 0.494. The fourth-order valence-corrected chi connectivity index (χ4v) is 4.41. The van der Waals surface area contributed by atoms with Gasteiger partial charge in [-0.15, -0.1) is 6.58 Å². The molecule has 2 aliphatic rings. The zero-order valence-corrected chi connectivity index (χ0v) is 12.2. The predicted molar refractivity (Wildman–Crippen MR) is 78.6 cm³/mol. The zero-order valence-electron chi connectivity index (χ0n) is 11.3. The molecular weight excluding hydrogens is 273 g/mol. The van der Waals surface area contributed by atoms with E-state index in [1.807, 2.05) is 27.5 Å². The molecule has 3 rings (SSSR count). The van der Waals surface area contributed by atoms with Crippen LogP contribution in [0.3, 0.4) is 0 Å². The summed E-state index contributed by atoms with van der Waals surface area (Å²) in [6, 6.07) is 7.33. The van der Waals surface area contributed by atoms with Gasteiger partial charge in [-0.05, 0) is 24.1 Å². The Hall–Kier alpha value is -1.42. The summed E-state index contributed by atoms with van der Waals surface area (Å²) in [7, 11) is -2.84. The SMILES string of the molecule is C=CCc1ccc(C(=O)NP(=O)(N2CC2)N2CC2)cc1. The molecule has 5 nitrogen and oxygen atoms in total. The number of nitrogens with zero attached hydrogens (tertiary/aromatic N) is 2. The first-order valence-electron chi connectivity index (χ1n) is 6.77. The summed E-state index contributed by atoms with van der Waals surface area (Å²) in [4.78, 5) is 12.2. The summed E-state index contributed by atoms with van der Waals surface area (Å²) >= 11 is 0. The molecule has 0 spiro atoms. The van der Waals surface area contributed by atoms with Crippen molar-refractivity contribution in [2.24, 2.45) is 0 Å². The third kappa shape index (κ3) is 2.70. The summed E-state index contributed by atoms with van der Waals surface area (Å²) in [5.74, 6) is -0.266. The molecule has 0 aliphatic carbocycles. The molecule has 6 heteroatoms. The van der Waals surface area contributed by atoms with E-state index < -0.39 is 7.59 Å². The third-order valence-corrected chi connectivity index (χ3v) is 6.29. The number of carbonyl (C=O) groups is 1. The smallest absolute Gasteiger partial charge is 0.279 e. The lowest BCUT2D eigenvalue weighted by Crippen LogP contribution is -2.27. The molecule has 0 radical (unpaired) electrons. The zero-order chi connectivity index (χ0) is 14.2. The highest BCUT2D eigenvalue weighted by Crippen LogP contribution is 2.56. The second-order valence-electron chi connectivity index (χ2n) is 5.08. The Kier molecular flexibility index (Phi) is 3.50. The molecule has 0 bridgehead atoms. The average Bonchev–Trinajstić information content (AvgIpc) is 3.32. The summed E-state index contributed by atoms with van der Waals surface area (Å²) in [5, 5.41) is 2.73. The minimum absolute atomic E-state index is 0.266. The van der Waals surface area contributed by atoms with Crippen LogP contribution in [0.4, 0.5) is 0 Å². The molecular formula is C14H18N3O2P. The fourth-order valence-electron chi connectivity index (χ4n) is 2.11. The summed E-state index contributed by atoms with van der Waals surface area (Å²) < 4.78 is 16.5. The van der Waals surface area contributed by atoms with Crippen molar-refractivity contribution in [2.75, 3.05) is 26.2 Å². The molecule has 1 aromatic rings. The summed E-state index contributed by atoms with van der Waals surface area (Å²) in [6.45, 7) is 6.88. The van der Waals surface area contributed by atoms with Gasteiger partial charge < -0.3 is 0 Å². The second kappa shape index (κ2) is 5.17. The molecule has 2 fully saturated rings. The number of nitrogens with one attached hydrogen (secondary N) is 1. The van der Waals surface area contributed by atoms with Crippen LogP contribution in [0.25, 0.3) is 0 Å². The number of allylic oxidation sites excluding steroid dienone is 1. The highest BCUT2D eigenvalue weighted by Gasteiger charge is 2.49. The van der Waals surface area contributed by atoms with E-state index in [9.17, 15) is 9.36 Å². The number of benzene rings is 1. The molecule has 0 saturated carbocycles. The van der Waals surface area contributed by atoms with Gasteiger partial charge in [-0.25, -0.2) is 9.34 Å². The van der Waals surface area contributed by atoms with Gasteiger partial charge in [0.05, 0.1) is 0 Å². The number of amides is 1. The molecule has 0 unspecified atom stereocenters. The molecule has 1 amide bonds. The van der Waals surface area contributed by atoms with Crippen molar-refractivity contribution >= 4 is 13.5 Å². The van der Waals surface area contributed by atoms with E-state index >= 15 is 0 Å². The maximum absolute atomic E-state index is 12.8. The van der Waals surface area contributed by atoms with E-state index in [-0.39, 0.29) is 5.91 Å². The standard InChI is InChI=1S/C14H18N3O2P/c1-2-3-12-4-6-13(7-5-12)14(18)15-20(19,16-8-9-16)17-10-11-17/h2,4-7H,1,3,8-11H2,(H,15,18,19). The van der Waals surface area contributed by atoms with Gasteiger partial charge in [0.1, 0.15) is 0 Å². The van der Waals surface area contributed by atoms with Crippen LogP contribution < -0.4 is 5.09 Å². The Labute approximate surface area is 118 Å². The van der Waals surface area contributed by atoms with Gasteiger partial charge in [0.25, 0.3) is 5.91 Å². The van der Waals surface area contributed by atoms with Gasteiger partial charge in [-0.1, -0.05) is 18.2 Å². The molecule has 2 saturated heterocycles. The van der Waals surface area contributed by atoms with Crippen LogP contribution in [-0.2, 0) is 11.0 Å². The number of carbonyl (C=O) groups excluding carboxylic acids is 1. The summed E-state index contributed by atoms with van der Waals surface area (Å²) in [5.41, 5.74) is 1.65. The monoisotopic (exact) mass is 291 g/mol. The maximum Gasteiger partial charge on any atom is 0.311 e. The third-order valence-electron chi connectivity index (χ3n) is 3.46. The Morgan fingerprint density at radius 2 is 1.75 bits per heavy atom. The Morgan fingerprint density at radius 3 is 2.20 bits per heavy atom. The Bertz CT molecular complexity index is 561. The number of rotatable bonds is 6. The van der Waals surface area contributed by atoms with E-state index in [0.717, 1.165) is 38.2 Å². The van der Waals surface area contributed by atoms with Crippen LogP contribution in [0.15, 0.2) is 36.9 Å². The van der Waals surface area contributed by atoms with Gasteiger partial charge in [0.15, 0.2) is 0 Å². The van der Waals surface area contributed by atoms with E-state index in [4.69, 9.17) is 0 Å². The second-order valence-corrected chi connectivity index (χ2v) is 7.53. The molecule has 1 aromatic carbocycles. The van der Waals surface area contributed by atoms with Crippen molar-refractivity contribution in [2.45, 2.75) is 6.42 Å². The van der Waals surface area contributed by atoms with Gasteiger partial charge in [-0.3, -0.25) is 14.4 Å². The van der Waals surface area contributed by atoms with Crippen molar-refractivity contribution in [3.05, 3.63) is 48.0 Å². The molecule has 20 heavy (non-hydrogen) atoms. The van der Waals surface area contributed by atoms with Crippen molar-refractivity contribution in [1.29, 1.82) is 0 Å². The highest BCUT2D eigenvalue weighted by atomic mass is 31.2. The summed E-state index contributed by atoms with van der Waals surface area (Å²) in [6.07, 6.45) is 2.60. The maximum atomic E-state index is 12.8. The molecule has 106 valence electrons. The minimum atomic E-state index is -2.84. The highest BCUT2D eigenvalue weighted by molar-refractivity contribution is 7.58. The van der Waals surface area contributed by atoms with Crippen molar-refractivity contribution in [3.63, 3.8) is 0 Å². The molecule has 0 atom stereocenters.